The van der Waals surface area contributed by atoms with Crippen LogP contribution in [0.2, 0.25) is 0 Å². The molecular formula is C10H23NO3. The highest BCUT2D eigenvalue weighted by Gasteiger charge is 2.24. The van der Waals surface area contributed by atoms with Gasteiger partial charge in [-0.25, -0.2) is 0 Å². The van der Waals surface area contributed by atoms with Crippen molar-refractivity contribution in [2.45, 2.75) is 26.2 Å². The molecule has 4 heteroatoms. The van der Waals surface area contributed by atoms with Gasteiger partial charge in [0.1, 0.15) is 6.10 Å². The summed E-state index contributed by atoms with van der Waals surface area (Å²) in [6.45, 7) is 7.04. The fourth-order valence-electron chi connectivity index (χ4n) is 1.31. The quantitative estimate of drug-likeness (QED) is 0.676. The van der Waals surface area contributed by atoms with E-state index < -0.39 is 0 Å². The van der Waals surface area contributed by atoms with Gasteiger partial charge in [0.15, 0.2) is 6.29 Å². The third kappa shape index (κ3) is 3.92. The fourth-order valence-corrected chi connectivity index (χ4v) is 1.31. The summed E-state index contributed by atoms with van der Waals surface area (Å²) >= 11 is 0. The van der Waals surface area contributed by atoms with Gasteiger partial charge in [0.05, 0.1) is 19.8 Å². The smallest absolute Gasteiger partial charge is 0.160 e. The van der Waals surface area contributed by atoms with Crippen molar-refractivity contribution in [3.05, 3.63) is 0 Å². The highest BCUT2D eigenvalue weighted by atomic mass is 16.7. The maximum Gasteiger partial charge on any atom is 0.160 e. The Kier molecular flexibility index (Phi) is 5.40. The lowest BCUT2D eigenvalue weighted by atomic mass is 10.2. The summed E-state index contributed by atoms with van der Waals surface area (Å²) < 4.78 is 16.6. The van der Waals surface area contributed by atoms with E-state index in [0.717, 1.165) is 6.54 Å². The summed E-state index contributed by atoms with van der Waals surface area (Å²) in [6.07, 6.45) is 0.0394. The zero-order chi connectivity index (χ0) is 10.4. The Balaban J connectivity index is 0.00000196. The van der Waals surface area contributed by atoms with E-state index in [1.807, 2.05) is 7.05 Å². The Morgan fingerprint density at radius 3 is 2.57 bits per heavy atom. The molecule has 1 saturated heterocycles. The predicted molar refractivity (Wildman–Crippen MR) is 56.3 cm³/mol. The first-order chi connectivity index (χ1) is 6.74. The van der Waals surface area contributed by atoms with Crippen LogP contribution in [0.3, 0.4) is 0 Å². The van der Waals surface area contributed by atoms with Crippen molar-refractivity contribution >= 4 is 0 Å². The molecule has 0 bridgehead atoms. The number of likely N-dealkylation sites (N-methyl/N-ethyl adjacent to an activating group) is 1. The first-order valence-corrected chi connectivity index (χ1v) is 5.23. The van der Waals surface area contributed by atoms with Crippen LogP contribution in [0.25, 0.3) is 0 Å². The Bertz CT molecular complexity index is 150. The molecule has 1 aliphatic heterocycles. The first-order valence-electron chi connectivity index (χ1n) is 5.23. The Morgan fingerprint density at radius 2 is 2.07 bits per heavy atom. The highest BCUT2D eigenvalue weighted by molar-refractivity contribution is 4.64. The molecule has 86 valence electrons. The normalized spacial score (nSPS) is 28.3. The van der Waals surface area contributed by atoms with Crippen molar-refractivity contribution in [1.29, 1.82) is 0 Å². The van der Waals surface area contributed by atoms with Gasteiger partial charge in [-0.3, -0.25) is 0 Å². The lowest BCUT2D eigenvalue weighted by Crippen LogP contribution is -2.40. The molecule has 0 radical (unpaired) electrons. The summed E-state index contributed by atoms with van der Waals surface area (Å²) in [6, 6.07) is 0. The second kappa shape index (κ2) is 6.35. The van der Waals surface area contributed by atoms with Crippen molar-refractivity contribution in [1.82, 2.24) is 5.32 Å². The number of nitrogens with one attached hydrogen (secondary N) is 1. The van der Waals surface area contributed by atoms with E-state index >= 15 is 0 Å². The molecule has 0 aliphatic carbocycles. The summed E-state index contributed by atoms with van der Waals surface area (Å²) in [4.78, 5) is 0. The predicted octanol–water partition coefficient (Wildman–Crippen LogP) is 0.866. The van der Waals surface area contributed by atoms with E-state index in [2.05, 4.69) is 19.2 Å². The Morgan fingerprint density at radius 1 is 1.43 bits per heavy atom. The van der Waals surface area contributed by atoms with Crippen LogP contribution < -0.4 is 5.32 Å². The molecule has 0 atom stereocenters. The van der Waals surface area contributed by atoms with E-state index in [0.29, 0.717) is 25.7 Å². The molecule has 1 heterocycles. The van der Waals surface area contributed by atoms with E-state index in [4.69, 9.17) is 14.2 Å². The van der Waals surface area contributed by atoms with Gasteiger partial charge in [-0.15, -0.1) is 0 Å². The summed E-state index contributed by atoms with van der Waals surface area (Å²) in [7, 11) is 1.91. The summed E-state index contributed by atoms with van der Waals surface area (Å²) in [5.41, 5.74) is 0. The SMILES string of the molecule is CNCCOC1COC(C(C)C)OC1.[HH]. The van der Waals surface area contributed by atoms with E-state index in [9.17, 15) is 0 Å². The van der Waals surface area contributed by atoms with Crippen molar-refractivity contribution < 1.29 is 15.6 Å². The average Bonchev–Trinajstić information content (AvgIpc) is 2.19. The molecule has 0 unspecified atom stereocenters. The largest absolute Gasteiger partial charge is 0.372 e. The molecule has 0 aromatic heterocycles. The molecule has 1 fully saturated rings. The van der Waals surface area contributed by atoms with Crippen LogP contribution in [0.1, 0.15) is 15.3 Å². The zero-order valence-corrected chi connectivity index (χ0v) is 9.29. The standard InChI is InChI=1S/C10H21NO3.H2/c1-8(2)10-13-6-9(7-14-10)12-5-4-11-3;/h8-11H,4-7H2,1-3H3;1H. The molecule has 1 aliphatic rings. The number of rotatable bonds is 5. The maximum absolute atomic E-state index is 5.54. The van der Waals surface area contributed by atoms with Gasteiger partial charge in [0.25, 0.3) is 0 Å². The van der Waals surface area contributed by atoms with Crippen molar-refractivity contribution in [2.75, 3.05) is 33.4 Å². The number of hydrogen-bond donors (Lipinski definition) is 1. The van der Waals surface area contributed by atoms with Gasteiger partial charge in [-0.1, -0.05) is 13.8 Å². The third-order valence-corrected chi connectivity index (χ3v) is 2.14. The van der Waals surface area contributed by atoms with Gasteiger partial charge < -0.3 is 19.5 Å². The molecule has 0 aromatic rings. The molecule has 14 heavy (non-hydrogen) atoms. The van der Waals surface area contributed by atoms with Crippen molar-refractivity contribution in [3.63, 3.8) is 0 Å². The molecule has 4 nitrogen and oxygen atoms in total. The maximum atomic E-state index is 5.54. The number of ether oxygens (including phenoxy) is 3. The second-order valence-electron chi connectivity index (χ2n) is 3.88. The van der Waals surface area contributed by atoms with Gasteiger partial charge in [-0.2, -0.15) is 0 Å². The number of hydrogen-bond acceptors (Lipinski definition) is 4. The molecule has 0 spiro atoms. The summed E-state index contributed by atoms with van der Waals surface area (Å²) in [5.74, 6) is 0.410. The van der Waals surface area contributed by atoms with Crippen molar-refractivity contribution in [3.8, 4) is 0 Å². The van der Waals surface area contributed by atoms with Crippen molar-refractivity contribution in [2.24, 2.45) is 5.92 Å². The van der Waals surface area contributed by atoms with Crippen LogP contribution in [0.4, 0.5) is 0 Å². The molecular weight excluding hydrogens is 182 g/mol. The molecule has 1 N–H and O–H groups in total. The van der Waals surface area contributed by atoms with Crippen LogP contribution in [-0.4, -0.2) is 45.8 Å². The van der Waals surface area contributed by atoms with Crippen LogP contribution in [0.5, 0.6) is 0 Å². The van der Waals surface area contributed by atoms with Gasteiger partial charge >= 0.3 is 0 Å². The van der Waals surface area contributed by atoms with Crippen LogP contribution in [-0.2, 0) is 14.2 Å². The van der Waals surface area contributed by atoms with Crippen LogP contribution in [0.15, 0.2) is 0 Å². The first kappa shape index (κ1) is 11.9. The monoisotopic (exact) mass is 205 g/mol. The van der Waals surface area contributed by atoms with Gasteiger partial charge in [0, 0.05) is 13.9 Å². The lowest BCUT2D eigenvalue weighted by Gasteiger charge is -2.31. The lowest BCUT2D eigenvalue weighted by molar-refractivity contribution is -0.241. The molecule has 1 rings (SSSR count). The average molecular weight is 205 g/mol. The molecule has 0 amide bonds. The third-order valence-electron chi connectivity index (χ3n) is 2.14. The highest BCUT2D eigenvalue weighted by Crippen LogP contribution is 2.15. The topological polar surface area (TPSA) is 39.7 Å². The van der Waals surface area contributed by atoms with Gasteiger partial charge in [-0.05, 0) is 7.05 Å². The summed E-state index contributed by atoms with van der Waals surface area (Å²) in [5, 5.41) is 3.03. The molecule has 0 saturated carbocycles. The minimum Gasteiger partial charge on any atom is -0.372 e. The van der Waals surface area contributed by atoms with E-state index in [1.54, 1.807) is 0 Å². The minimum absolute atomic E-state index is 0. The van der Waals surface area contributed by atoms with E-state index in [-0.39, 0.29) is 13.8 Å². The van der Waals surface area contributed by atoms with Crippen LogP contribution in [0, 0.1) is 5.92 Å². The second-order valence-corrected chi connectivity index (χ2v) is 3.88. The minimum atomic E-state index is -0.0563. The zero-order valence-electron chi connectivity index (χ0n) is 9.29. The Labute approximate surface area is 87.4 Å². The van der Waals surface area contributed by atoms with E-state index in [1.165, 1.54) is 0 Å². The Hall–Kier alpha value is -0.160. The van der Waals surface area contributed by atoms with Crippen LogP contribution >= 0.6 is 0 Å². The van der Waals surface area contributed by atoms with Gasteiger partial charge in [0.2, 0.25) is 0 Å². The fraction of sp³-hybridized carbons (Fsp3) is 1.00. The molecule has 0 aromatic carbocycles.